The van der Waals surface area contributed by atoms with E-state index < -0.39 is 0 Å². The second-order valence-corrected chi connectivity index (χ2v) is 4.69. The standard InChI is InChI=1S/C15H19FN2O/c1-4-13-8-18-15(19-13)9-17-11(3)12-6-5-10(2)14(16)7-12/h5-8,11,17H,4,9H2,1-3H3. The summed E-state index contributed by atoms with van der Waals surface area (Å²) in [6.07, 6.45) is 2.58. The summed E-state index contributed by atoms with van der Waals surface area (Å²) in [5.74, 6) is 1.37. The van der Waals surface area contributed by atoms with Crippen LogP contribution in [-0.4, -0.2) is 4.98 Å². The molecular formula is C15H19FN2O. The molecule has 2 aromatic rings. The molecule has 3 nitrogen and oxygen atoms in total. The summed E-state index contributed by atoms with van der Waals surface area (Å²) in [7, 11) is 0. The zero-order valence-corrected chi connectivity index (χ0v) is 11.5. The van der Waals surface area contributed by atoms with E-state index in [9.17, 15) is 4.39 Å². The lowest BCUT2D eigenvalue weighted by atomic mass is 10.1. The van der Waals surface area contributed by atoms with Crippen molar-refractivity contribution in [1.29, 1.82) is 0 Å². The minimum Gasteiger partial charge on any atom is -0.444 e. The number of nitrogens with one attached hydrogen (secondary N) is 1. The third-order valence-corrected chi connectivity index (χ3v) is 3.21. The number of oxazole rings is 1. The Bertz CT molecular complexity index is 551. The number of halogens is 1. The van der Waals surface area contributed by atoms with Crippen molar-refractivity contribution in [3.05, 3.63) is 53.0 Å². The molecule has 0 saturated heterocycles. The zero-order valence-electron chi connectivity index (χ0n) is 11.5. The highest BCUT2D eigenvalue weighted by Crippen LogP contribution is 2.16. The van der Waals surface area contributed by atoms with E-state index in [-0.39, 0.29) is 11.9 Å². The van der Waals surface area contributed by atoms with Gasteiger partial charge in [0.05, 0.1) is 12.7 Å². The third kappa shape index (κ3) is 3.41. The molecule has 0 bridgehead atoms. The summed E-state index contributed by atoms with van der Waals surface area (Å²) in [5, 5.41) is 3.28. The maximum absolute atomic E-state index is 13.5. The van der Waals surface area contributed by atoms with Gasteiger partial charge < -0.3 is 9.73 Å². The summed E-state index contributed by atoms with van der Waals surface area (Å²) in [6.45, 7) is 6.32. The van der Waals surface area contributed by atoms with Crippen LogP contribution in [0.15, 0.2) is 28.8 Å². The van der Waals surface area contributed by atoms with Crippen LogP contribution in [0.1, 0.15) is 42.7 Å². The molecule has 102 valence electrons. The van der Waals surface area contributed by atoms with E-state index in [0.717, 1.165) is 17.7 Å². The molecule has 0 aliphatic carbocycles. The molecule has 0 saturated carbocycles. The lowest BCUT2D eigenvalue weighted by Gasteiger charge is -2.13. The molecule has 0 spiro atoms. The molecule has 1 aromatic heterocycles. The normalized spacial score (nSPS) is 12.6. The largest absolute Gasteiger partial charge is 0.444 e. The lowest BCUT2D eigenvalue weighted by molar-refractivity contribution is 0.424. The first kappa shape index (κ1) is 13.7. The van der Waals surface area contributed by atoms with Gasteiger partial charge in [-0.2, -0.15) is 0 Å². The average Bonchev–Trinajstić information content (AvgIpc) is 2.87. The van der Waals surface area contributed by atoms with Crippen molar-refractivity contribution in [3.63, 3.8) is 0 Å². The molecule has 1 heterocycles. The first-order valence-corrected chi connectivity index (χ1v) is 6.53. The van der Waals surface area contributed by atoms with Crippen LogP contribution < -0.4 is 5.32 Å². The zero-order chi connectivity index (χ0) is 13.8. The fourth-order valence-electron chi connectivity index (χ4n) is 1.83. The van der Waals surface area contributed by atoms with Crippen molar-refractivity contribution in [2.45, 2.75) is 39.8 Å². The first-order chi connectivity index (χ1) is 9.10. The number of benzene rings is 1. The van der Waals surface area contributed by atoms with Crippen LogP contribution in [0.5, 0.6) is 0 Å². The molecule has 1 atom stereocenters. The topological polar surface area (TPSA) is 38.1 Å². The van der Waals surface area contributed by atoms with Gasteiger partial charge in [-0.25, -0.2) is 9.37 Å². The van der Waals surface area contributed by atoms with Crippen LogP contribution in [0.2, 0.25) is 0 Å². The van der Waals surface area contributed by atoms with Gasteiger partial charge in [0.2, 0.25) is 5.89 Å². The number of nitrogens with zero attached hydrogens (tertiary/aromatic N) is 1. The quantitative estimate of drug-likeness (QED) is 0.895. The van der Waals surface area contributed by atoms with Gasteiger partial charge in [0.1, 0.15) is 11.6 Å². The van der Waals surface area contributed by atoms with Crippen LogP contribution >= 0.6 is 0 Å². The smallest absolute Gasteiger partial charge is 0.208 e. The van der Waals surface area contributed by atoms with E-state index in [0.29, 0.717) is 18.0 Å². The Morgan fingerprint density at radius 1 is 1.42 bits per heavy atom. The Morgan fingerprint density at radius 3 is 2.84 bits per heavy atom. The fraction of sp³-hybridized carbons (Fsp3) is 0.400. The van der Waals surface area contributed by atoms with E-state index in [2.05, 4.69) is 10.3 Å². The molecule has 19 heavy (non-hydrogen) atoms. The van der Waals surface area contributed by atoms with Gasteiger partial charge in [0.25, 0.3) is 0 Å². The molecule has 0 aliphatic rings. The van der Waals surface area contributed by atoms with Gasteiger partial charge in [0.15, 0.2) is 0 Å². The third-order valence-electron chi connectivity index (χ3n) is 3.21. The molecule has 0 radical (unpaired) electrons. The molecule has 1 N–H and O–H groups in total. The Hall–Kier alpha value is -1.68. The highest BCUT2D eigenvalue weighted by atomic mass is 19.1. The number of aromatic nitrogens is 1. The Morgan fingerprint density at radius 2 is 2.21 bits per heavy atom. The lowest BCUT2D eigenvalue weighted by Crippen LogP contribution is -2.18. The van der Waals surface area contributed by atoms with Gasteiger partial charge in [0, 0.05) is 12.5 Å². The van der Waals surface area contributed by atoms with Gasteiger partial charge in [-0.3, -0.25) is 0 Å². The molecule has 4 heteroatoms. The minimum atomic E-state index is -0.171. The van der Waals surface area contributed by atoms with E-state index >= 15 is 0 Å². The Kier molecular flexibility index (Phi) is 4.32. The van der Waals surface area contributed by atoms with E-state index in [1.54, 1.807) is 25.3 Å². The molecule has 1 unspecified atom stereocenters. The summed E-state index contributed by atoms with van der Waals surface area (Å²) < 4.78 is 19.0. The average molecular weight is 262 g/mol. The van der Waals surface area contributed by atoms with Gasteiger partial charge >= 0.3 is 0 Å². The monoisotopic (exact) mass is 262 g/mol. The van der Waals surface area contributed by atoms with Crippen molar-refractivity contribution < 1.29 is 8.81 Å². The molecule has 0 amide bonds. The van der Waals surface area contributed by atoms with Gasteiger partial charge in [-0.05, 0) is 31.0 Å². The molecule has 1 aromatic carbocycles. The SMILES string of the molecule is CCc1cnc(CNC(C)c2ccc(C)c(F)c2)o1. The van der Waals surface area contributed by atoms with Crippen molar-refractivity contribution in [3.8, 4) is 0 Å². The van der Waals surface area contributed by atoms with Gasteiger partial charge in [-0.1, -0.05) is 19.1 Å². The number of rotatable bonds is 5. The van der Waals surface area contributed by atoms with E-state index in [1.807, 2.05) is 19.9 Å². The van der Waals surface area contributed by atoms with Crippen LogP contribution in [0, 0.1) is 12.7 Å². The van der Waals surface area contributed by atoms with Crippen molar-refractivity contribution >= 4 is 0 Å². The van der Waals surface area contributed by atoms with Crippen LogP contribution in [0.3, 0.4) is 0 Å². The summed E-state index contributed by atoms with van der Waals surface area (Å²) in [4.78, 5) is 4.18. The second-order valence-electron chi connectivity index (χ2n) is 4.69. The predicted octanol–water partition coefficient (Wildman–Crippen LogP) is 3.54. The Balaban J connectivity index is 1.96. The maximum atomic E-state index is 13.5. The maximum Gasteiger partial charge on any atom is 0.208 e. The van der Waals surface area contributed by atoms with E-state index in [4.69, 9.17) is 4.42 Å². The highest BCUT2D eigenvalue weighted by Gasteiger charge is 2.09. The Labute approximate surface area is 112 Å². The first-order valence-electron chi connectivity index (χ1n) is 6.53. The summed E-state index contributed by atoms with van der Waals surface area (Å²) in [5.41, 5.74) is 1.58. The molecular weight excluding hydrogens is 243 g/mol. The van der Waals surface area contributed by atoms with Crippen molar-refractivity contribution in [2.24, 2.45) is 0 Å². The van der Waals surface area contributed by atoms with Gasteiger partial charge in [-0.15, -0.1) is 0 Å². The molecule has 2 rings (SSSR count). The molecule has 0 aliphatic heterocycles. The van der Waals surface area contributed by atoms with Crippen LogP contribution in [0.25, 0.3) is 0 Å². The molecule has 0 fully saturated rings. The van der Waals surface area contributed by atoms with Crippen molar-refractivity contribution in [2.75, 3.05) is 0 Å². The van der Waals surface area contributed by atoms with Crippen molar-refractivity contribution in [1.82, 2.24) is 10.3 Å². The fourth-order valence-corrected chi connectivity index (χ4v) is 1.83. The summed E-state index contributed by atoms with van der Waals surface area (Å²) in [6, 6.07) is 5.35. The summed E-state index contributed by atoms with van der Waals surface area (Å²) >= 11 is 0. The minimum absolute atomic E-state index is 0.0482. The number of hydrogen-bond donors (Lipinski definition) is 1. The highest BCUT2D eigenvalue weighted by molar-refractivity contribution is 5.25. The second kappa shape index (κ2) is 5.97. The number of hydrogen-bond acceptors (Lipinski definition) is 3. The van der Waals surface area contributed by atoms with Crippen LogP contribution in [-0.2, 0) is 13.0 Å². The van der Waals surface area contributed by atoms with Crippen LogP contribution in [0.4, 0.5) is 4.39 Å². The predicted molar refractivity (Wildman–Crippen MR) is 72.3 cm³/mol. The number of aryl methyl sites for hydroxylation is 2. The van der Waals surface area contributed by atoms with E-state index in [1.165, 1.54) is 0 Å².